The third-order valence-electron chi connectivity index (χ3n) is 3.43. The van der Waals surface area contributed by atoms with Gasteiger partial charge in [0.1, 0.15) is 0 Å². The molecule has 0 amide bonds. The molecule has 0 aromatic heterocycles. The van der Waals surface area contributed by atoms with Gasteiger partial charge in [-0.25, -0.2) is 0 Å². The third kappa shape index (κ3) is 2.80. The lowest BCUT2D eigenvalue weighted by Crippen LogP contribution is -2.46. The van der Waals surface area contributed by atoms with Crippen LogP contribution in [0.2, 0.25) is 0 Å². The lowest BCUT2D eigenvalue weighted by atomic mass is 9.94. The van der Waals surface area contributed by atoms with Gasteiger partial charge in [-0.3, -0.25) is 5.01 Å². The fraction of sp³-hybridized carbons (Fsp3) is 0.500. The Balaban J connectivity index is 2.38. The van der Waals surface area contributed by atoms with Crippen LogP contribution in [0.25, 0.3) is 0 Å². The molecule has 1 aromatic carbocycles. The minimum atomic E-state index is -4.58. The molecule has 1 aliphatic heterocycles. The molecule has 1 fully saturated rings. The maximum atomic E-state index is 13.5. The highest BCUT2D eigenvalue weighted by Crippen LogP contribution is 2.40. The molecule has 0 saturated carbocycles. The van der Waals surface area contributed by atoms with Gasteiger partial charge in [-0.05, 0) is 18.4 Å². The van der Waals surface area contributed by atoms with Gasteiger partial charge in [0.05, 0.1) is 6.21 Å². The molecule has 3 nitrogen and oxygen atoms in total. The molecule has 0 bridgehead atoms. The van der Waals surface area contributed by atoms with E-state index in [9.17, 15) is 13.2 Å². The van der Waals surface area contributed by atoms with Gasteiger partial charge in [0, 0.05) is 20.2 Å². The fourth-order valence-corrected chi connectivity index (χ4v) is 2.26. The summed E-state index contributed by atoms with van der Waals surface area (Å²) < 4.78 is 45.3. The van der Waals surface area contributed by atoms with Crippen LogP contribution in [0.4, 0.5) is 13.2 Å². The van der Waals surface area contributed by atoms with Gasteiger partial charge < -0.3 is 4.74 Å². The molecule has 0 aliphatic carbocycles. The van der Waals surface area contributed by atoms with E-state index < -0.39 is 11.8 Å². The fourth-order valence-electron chi connectivity index (χ4n) is 2.26. The summed E-state index contributed by atoms with van der Waals surface area (Å²) in [4.78, 5) is 0. The first kappa shape index (κ1) is 14.8. The number of methoxy groups -OCH3 is 1. The summed E-state index contributed by atoms with van der Waals surface area (Å²) in [6.45, 7) is 1.37. The van der Waals surface area contributed by atoms with E-state index in [0.29, 0.717) is 13.1 Å². The first-order valence-electron chi connectivity index (χ1n) is 6.47. The Hall–Kier alpha value is -1.56. The molecule has 0 N–H and O–H groups in total. The predicted molar refractivity (Wildman–Crippen MR) is 70.5 cm³/mol. The summed E-state index contributed by atoms with van der Waals surface area (Å²) in [6, 6.07) is 7.56. The van der Waals surface area contributed by atoms with Crippen LogP contribution >= 0.6 is 0 Å². The Labute approximate surface area is 116 Å². The van der Waals surface area contributed by atoms with E-state index in [-0.39, 0.29) is 5.56 Å². The van der Waals surface area contributed by atoms with Crippen LogP contribution < -0.4 is 0 Å². The number of alkyl halides is 3. The normalized spacial score (nSPS) is 19.5. The number of rotatable bonds is 4. The van der Waals surface area contributed by atoms with E-state index in [1.165, 1.54) is 12.1 Å². The molecule has 1 aliphatic rings. The summed E-state index contributed by atoms with van der Waals surface area (Å²) in [5.41, 5.74) is -2.48. The van der Waals surface area contributed by atoms with Crippen LogP contribution in [-0.4, -0.2) is 37.6 Å². The standard InChI is InChI=1S/C14H17F3N2O/c1-20-13(14(15,16)17,12-7-3-2-4-8-12)11-18-19-9-5-6-10-19/h2-4,7-8,11H,5-6,9-10H2,1H3/b18-11+. The number of benzene rings is 1. The molecule has 20 heavy (non-hydrogen) atoms. The second-order valence-electron chi connectivity index (χ2n) is 4.71. The lowest BCUT2D eigenvalue weighted by molar-refractivity contribution is -0.243. The summed E-state index contributed by atoms with van der Waals surface area (Å²) in [5.74, 6) is 0. The topological polar surface area (TPSA) is 24.8 Å². The molecule has 110 valence electrons. The first-order valence-corrected chi connectivity index (χ1v) is 6.47. The van der Waals surface area contributed by atoms with E-state index >= 15 is 0 Å². The van der Waals surface area contributed by atoms with E-state index in [1.54, 1.807) is 23.2 Å². The molecule has 2 rings (SSSR count). The molecular weight excluding hydrogens is 269 g/mol. The maximum Gasteiger partial charge on any atom is 0.427 e. The molecular formula is C14H17F3N2O. The van der Waals surface area contributed by atoms with E-state index in [2.05, 4.69) is 5.10 Å². The molecule has 1 saturated heterocycles. The number of hydrogen-bond acceptors (Lipinski definition) is 3. The van der Waals surface area contributed by atoms with Crippen LogP contribution in [-0.2, 0) is 10.3 Å². The highest BCUT2D eigenvalue weighted by Gasteiger charge is 2.56. The minimum absolute atomic E-state index is 0.0259. The average Bonchev–Trinajstić information content (AvgIpc) is 2.93. The van der Waals surface area contributed by atoms with Gasteiger partial charge in [0.15, 0.2) is 0 Å². The van der Waals surface area contributed by atoms with Crippen LogP contribution in [0.15, 0.2) is 35.4 Å². The number of hydrogen-bond donors (Lipinski definition) is 0. The van der Waals surface area contributed by atoms with Crippen molar-refractivity contribution in [3.63, 3.8) is 0 Å². The summed E-state index contributed by atoms with van der Waals surface area (Å²) in [7, 11) is 1.05. The van der Waals surface area contributed by atoms with Crippen molar-refractivity contribution in [2.24, 2.45) is 5.10 Å². The van der Waals surface area contributed by atoms with Crippen LogP contribution in [0.3, 0.4) is 0 Å². The van der Waals surface area contributed by atoms with Crippen molar-refractivity contribution in [3.05, 3.63) is 35.9 Å². The molecule has 0 radical (unpaired) electrons. The first-order chi connectivity index (χ1) is 9.49. The monoisotopic (exact) mass is 286 g/mol. The van der Waals surface area contributed by atoms with Gasteiger partial charge in [-0.2, -0.15) is 18.3 Å². The maximum absolute atomic E-state index is 13.5. The quantitative estimate of drug-likeness (QED) is 0.794. The van der Waals surface area contributed by atoms with Gasteiger partial charge >= 0.3 is 6.18 Å². The van der Waals surface area contributed by atoms with Crippen molar-refractivity contribution < 1.29 is 17.9 Å². The van der Waals surface area contributed by atoms with Crippen molar-refractivity contribution in [1.29, 1.82) is 0 Å². The minimum Gasteiger partial charge on any atom is -0.359 e. The zero-order valence-corrected chi connectivity index (χ0v) is 11.2. The van der Waals surface area contributed by atoms with Gasteiger partial charge in [0.2, 0.25) is 5.60 Å². The molecule has 1 atom stereocenters. The molecule has 1 aromatic rings. The Morgan fingerprint density at radius 1 is 1.15 bits per heavy atom. The Kier molecular flexibility index (Phi) is 4.32. The summed E-state index contributed by atoms with van der Waals surface area (Å²) in [6.07, 6.45) is -1.80. The average molecular weight is 286 g/mol. The molecule has 0 spiro atoms. The van der Waals surface area contributed by atoms with Crippen molar-refractivity contribution in [2.75, 3.05) is 20.2 Å². The van der Waals surface area contributed by atoms with Gasteiger partial charge in [0.25, 0.3) is 0 Å². The van der Waals surface area contributed by atoms with Crippen LogP contribution in [0, 0.1) is 0 Å². The second-order valence-corrected chi connectivity index (χ2v) is 4.71. The van der Waals surface area contributed by atoms with E-state index in [0.717, 1.165) is 26.2 Å². The Morgan fingerprint density at radius 2 is 1.75 bits per heavy atom. The van der Waals surface area contributed by atoms with Gasteiger partial charge in [-0.15, -0.1) is 0 Å². The van der Waals surface area contributed by atoms with Crippen molar-refractivity contribution in [1.82, 2.24) is 5.01 Å². The Morgan fingerprint density at radius 3 is 2.25 bits per heavy atom. The molecule has 1 unspecified atom stereocenters. The predicted octanol–water partition coefficient (Wildman–Crippen LogP) is 3.17. The van der Waals surface area contributed by atoms with Gasteiger partial charge in [-0.1, -0.05) is 30.3 Å². The van der Waals surface area contributed by atoms with Crippen molar-refractivity contribution >= 4 is 6.21 Å². The SMILES string of the molecule is COC(/C=N/N1CCCC1)(c1ccccc1)C(F)(F)F. The number of nitrogens with zero attached hydrogens (tertiary/aromatic N) is 2. The zero-order chi connectivity index (χ0) is 14.6. The third-order valence-corrected chi connectivity index (χ3v) is 3.43. The van der Waals surface area contributed by atoms with Crippen LogP contribution in [0.1, 0.15) is 18.4 Å². The number of hydrazone groups is 1. The Bertz CT molecular complexity index is 455. The number of halogens is 3. The smallest absolute Gasteiger partial charge is 0.359 e. The molecule has 1 heterocycles. The zero-order valence-electron chi connectivity index (χ0n) is 11.2. The van der Waals surface area contributed by atoms with Crippen molar-refractivity contribution in [2.45, 2.75) is 24.6 Å². The molecule has 6 heteroatoms. The summed E-state index contributed by atoms with van der Waals surface area (Å²) >= 11 is 0. The highest BCUT2D eigenvalue weighted by atomic mass is 19.4. The summed E-state index contributed by atoms with van der Waals surface area (Å²) in [5, 5.41) is 5.61. The lowest BCUT2D eigenvalue weighted by Gasteiger charge is -2.31. The largest absolute Gasteiger partial charge is 0.427 e. The second kappa shape index (κ2) is 5.83. The van der Waals surface area contributed by atoms with Crippen LogP contribution in [0.5, 0.6) is 0 Å². The van der Waals surface area contributed by atoms with E-state index in [1.807, 2.05) is 0 Å². The van der Waals surface area contributed by atoms with Crippen molar-refractivity contribution in [3.8, 4) is 0 Å². The highest BCUT2D eigenvalue weighted by molar-refractivity contribution is 5.72. The van der Waals surface area contributed by atoms with E-state index in [4.69, 9.17) is 4.74 Å². The number of ether oxygens (including phenoxy) is 1.